The number of carbonyl (C=O) groups excluding carboxylic acids is 1. The number of fused-ring (bicyclic) bond motifs is 2. The van der Waals surface area contributed by atoms with E-state index in [9.17, 15) is 13.2 Å². The van der Waals surface area contributed by atoms with Crippen LogP contribution in [0, 0.1) is 12.3 Å². The molecule has 3 aromatic rings. The van der Waals surface area contributed by atoms with Crippen molar-refractivity contribution in [3.63, 3.8) is 0 Å². The van der Waals surface area contributed by atoms with Gasteiger partial charge in [0.25, 0.3) is 0 Å². The summed E-state index contributed by atoms with van der Waals surface area (Å²) in [5, 5.41) is 4.15. The third-order valence-electron chi connectivity index (χ3n) is 8.01. The minimum Gasteiger partial charge on any atom is -0.444 e. The van der Waals surface area contributed by atoms with Crippen molar-refractivity contribution >= 4 is 38.3 Å². The van der Waals surface area contributed by atoms with Crippen LogP contribution in [0.3, 0.4) is 0 Å². The third kappa shape index (κ3) is 4.99. The lowest BCUT2D eigenvalue weighted by atomic mass is 9.81. The topological polar surface area (TPSA) is 101 Å². The van der Waals surface area contributed by atoms with Gasteiger partial charge in [-0.25, -0.2) is 18.2 Å². The number of anilines is 2. The van der Waals surface area contributed by atoms with Gasteiger partial charge in [0.15, 0.2) is 9.84 Å². The lowest BCUT2D eigenvalue weighted by Crippen LogP contribution is -2.58. The highest BCUT2D eigenvalue weighted by Gasteiger charge is 2.53. The third-order valence-corrected chi connectivity index (χ3v) is 9.80. The Bertz CT molecular complexity index is 1580. The van der Waals surface area contributed by atoms with Crippen LogP contribution in [-0.2, 0) is 25.9 Å². The first kappa shape index (κ1) is 26.8. The Balaban J connectivity index is 1.37. The van der Waals surface area contributed by atoms with Crippen molar-refractivity contribution in [2.75, 3.05) is 48.4 Å². The van der Waals surface area contributed by atoms with Gasteiger partial charge in [0.1, 0.15) is 11.4 Å². The van der Waals surface area contributed by atoms with Gasteiger partial charge < -0.3 is 24.6 Å². The molecule has 10 heteroatoms. The molecule has 3 aliphatic heterocycles. The van der Waals surface area contributed by atoms with Crippen LogP contribution < -0.4 is 15.1 Å². The predicted octanol–water partition coefficient (Wildman–Crippen LogP) is 4.07. The van der Waals surface area contributed by atoms with Gasteiger partial charge in [0, 0.05) is 43.3 Å². The molecule has 2 aromatic carbocycles. The monoisotopic (exact) mass is 564 g/mol. The molecule has 9 nitrogen and oxygen atoms in total. The van der Waals surface area contributed by atoms with Crippen LogP contribution in [0.5, 0.6) is 0 Å². The summed E-state index contributed by atoms with van der Waals surface area (Å²) < 4.78 is 37.2. The number of nitrogens with zero attached hydrogens (tertiary/aromatic N) is 3. The molecule has 6 rings (SSSR count). The molecule has 40 heavy (non-hydrogen) atoms. The molecule has 1 aromatic heterocycles. The molecular formula is C30H36N4O5S. The first-order valence-corrected chi connectivity index (χ1v) is 15.4. The summed E-state index contributed by atoms with van der Waals surface area (Å²) in [5.41, 5.74) is 2.98. The van der Waals surface area contributed by atoms with Crippen LogP contribution in [-0.4, -0.2) is 69.7 Å². The number of hydrogen-bond acceptors (Lipinski definition) is 8. The molecule has 3 aliphatic rings. The Labute approximate surface area is 235 Å². The number of amides is 1. The quantitative estimate of drug-likeness (QED) is 0.508. The number of nitrogens with one attached hydrogen (secondary N) is 1. The van der Waals surface area contributed by atoms with Crippen molar-refractivity contribution in [2.24, 2.45) is 5.41 Å². The van der Waals surface area contributed by atoms with E-state index >= 15 is 0 Å². The first-order valence-electron chi connectivity index (χ1n) is 13.7. The summed E-state index contributed by atoms with van der Waals surface area (Å²) in [6.45, 7) is 10.9. The SMILES string of the molecule is Cc1ccc2nc(N3CCS(=O)(=O)c4ccccc4C3)cc(N3CC(NC(=O)OC(C)(C)C)C4(COC4)C3)c2c1. The molecule has 0 bridgehead atoms. The van der Waals surface area contributed by atoms with Crippen LogP contribution in [0.1, 0.15) is 31.9 Å². The summed E-state index contributed by atoms with van der Waals surface area (Å²) >= 11 is 0. The molecule has 0 aliphatic carbocycles. The number of ether oxygens (including phenoxy) is 2. The highest BCUT2D eigenvalue weighted by Crippen LogP contribution is 2.43. The Morgan fingerprint density at radius 1 is 1.12 bits per heavy atom. The zero-order chi connectivity index (χ0) is 28.3. The van der Waals surface area contributed by atoms with E-state index in [0.717, 1.165) is 40.1 Å². The minimum absolute atomic E-state index is 0.0268. The van der Waals surface area contributed by atoms with Crippen LogP contribution in [0.15, 0.2) is 53.4 Å². The maximum atomic E-state index is 13.0. The van der Waals surface area contributed by atoms with Gasteiger partial charge in [-0.15, -0.1) is 0 Å². The number of aromatic nitrogens is 1. The molecule has 0 saturated carbocycles. The molecule has 1 unspecified atom stereocenters. The number of hydrogen-bond donors (Lipinski definition) is 1. The van der Waals surface area contributed by atoms with E-state index in [2.05, 4.69) is 34.2 Å². The van der Waals surface area contributed by atoms with E-state index in [4.69, 9.17) is 14.5 Å². The highest BCUT2D eigenvalue weighted by atomic mass is 32.2. The minimum atomic E-state index is -3.38. The summed E-state index contributed by atoms with van der Waals surface area (Å²) in [6, 6.07) is 15.4. The summed E-state index contributed by atoms with van der Waals surface area (Å²) in [5.74, 6) is 0.764. The van der Waals surface area contributed by atoms with Gasteiger partial charge in [-0.05, 0) is 51.5 Å². The van der Waals surface area contributed by atoms with E-state index in [1.54, 1.807) is 12.1 Å². The maximum absolute atomic E-state index is 13.0. The average molecular weight is 565 g/mol. The van der Waals surface area contributed by atoms with Crippen molar-refractivity contribution in [2.45, 2.75) is 50.8 Å². The molecule has 1 N–H and O–H groups in total. The number of benzene rings is 2. The molecule has 1 amide bonds. The van der Waals surface area contributed by atoms with E-state index in [0.29, 0.717) is 37.7 Å². The van der Waals surface area contributed by atoms with E-state index < -0.39 is 21.5 Å². The van der Waals surface area contributed by atoms with Crippen LogP contribution in [0.25, 0.3) is 10.9 Å². The number of rotatable bonds is 3. The average Bonchev–Trinajstić information content (AvgIpc) is 3.18. The van der Waals surface area contributed by atoms with E-state index in [-0.39, 0.29) is 17.2 Å². The lowest BCUT2D eigenvalue weighted by Gasteiger charge is -2.42. The number of carbonyl (C=O) groups is 1. The fraction of sp³-hybridized carbons (Fsp3) is 0.467. The lowest BCUT2D eigenvalue weighted by molar-refractivity contribution is -0.112. The highest BCUT2D eigenvalue weighted by molar-refractivity contribution is 7.91. The fourth-order valence-electron chi connectivity index (χ4n) is 5.95. The second kappa shape index (κ2) is 9.62. The standard InChI is InChI=1S/C30H36N4O5S/c1-20-9-10-23-22(13-20)24(34-16-26(30(17-34)18-38-19-30)32-28(35)39-29(2,3)4)14-27(31-23)33-11-12-40(36,37)25-8-6-5-7-21(25)15-33/h5-10,13-14,26H,11-12,15-19H2,1-4H3,(H,32,35). The molecular weight excluding hydrogens is 528 g/mol. The van der Waals surface area contributed by atoms with Gasteiger partial charge in [-0.1, -0.05) is 29.8 Å². The van der Waals surface area contributed by atoms with Crippen molar-refractivity contribution in [3.05, 3.63) is 59.7 Å². The second-order valence-electron chi connectivity index (χ2n) is 12.3. The zero-order valence-corrected chi connectivity index (χ0v) is 24.3. The van der Waals surface area contributed by atoms with Crippen molar-refractivity contribution in [1.29, 1.82) is 0 Å². The summed E-state index contributed by atoms with van der Waals surface area (Å²) in [7, 11) is -3.38. The van der Waals surface area contributed by atoms with Gasteiger partial charge in [0.2, 0.25) is 0 Å². The Hall–Kier alpha value is -3.37. The van der Waals surface area contributed by atoms with Crippen molar-refractivity contribution < 1.29 is 22.7 Å². The normalized spacial score (nSPS) is 21.6. The predicted molar refractivity (Wildman–Crippen MR) is 155 cm³/mol. The molecule has 0 radical (unpaired) electrons. The second-order valence-corrected chi connectivity index (χ2v) is 14.4. The van der Waals surface area contributed by atoms with Gasteiger partial charge in [-0.3, -0.25) is 0 Å². The summed E-state index contributed by atoms with van der Waals surface area (Å²) in [6.07, 6.45) is -0.425. The van der Waals surface area contributed by atoms with Crippen molar-refractivity contribution in [1.82, 2.24) is 10.3 Å². The van der Waals surface area contributed by atoms with Crippen LogP contribution in [0.2, 0.25) is 0 Å². The van der Waals surface area contributed by atoms with Crippen LogP contribution >= 0.6 is 0 Å². The van der Waals surface area contributed by atoms with Crippen molar-refractivity contribution in [3.8, 4) is 0 Å². The Kier molecular flexibility index (Phi) is 6.46. The Morgan fingerprint density at radius 3 is 2.62 bits per heavy atom. The van der Waals surface area contributed by atoms with Gasteiger partial charge in [-0.2, -0.15) is 0 Å². The first-order chi connectivity index (χ1) is 18.9. The fourth-order valence-corrected chi connectivity index (χ4v) is 7.45. The smallest absolute Gasteiger partial charge is 0.407 e. The number of aryl methyl sites for hydroxylation is 1. The Morgan fingerprint density at radius 2 is 1.90 bits per heavy atom. The van der Waals surface area contributed by atoms with E-state index in [1.807, 2.05) is 45.0 Å². The molecule has 2 fully saturated rings. The summed E-state index contributed by atoms with van der Waals surface area (Å²) in [4.78, 5) is 22.5. The van der Waals surface area contributed by atoms with Gasteiger partial charge in [0.05, 0.1) is 40.8 Å². The molecule has 2 saturated heterocycles. The zero-order valence-electron chi connectivity index (χ0n) is 23.4. The number of alkyl carbamates (subject to hydrolysis) is 1. The number of pyridine rings is 1. The maximum Gasteiger partial charge on any atom is 0.407 e. The van der Waals surface area contributed by atoms with E-state index in [1.165, 1.54) is 0 Å². The molecule has 4 heterocycles. The largest absolute Gasteiger partial charge is 0.444 e. The number of sulfone groups is 1. The molecule has 1 spiro atoms. The molecule has 212 valence electrons. The van der Waals surface area contributed by atoms with Gasteiger partial charge >= 0.3 is 6.09 Å². The molecule has 1 atom stereocenters. The van der Waals surface area contributed by atoms with Crippen LogP contribution in [0.4, 0.5) is 16.3 Å².